The highest BCUT2D eigenvalue weighted by Gasteiger charge is 2.05. The van der Waals surface area contributed by atoms with Crippen LogP contribution in [0, 0.1) is 0 Å². The van der Waals surface area contributed by atoms with Gasteiger partial charge in [-0.05, 0) is 25.5 Å². The predicted molar refractivity (Wildman–Crippen MR) is 79.8 cm³/mol. The van der Waals surface area contributed by atoms with E-state index in [0.29, 0.717) is 37.4 Å². The molecule has 0 heterocycles. The van der Waals surface area contributed by atoms with E-state index in [1.165, 1.54) is 0 Å². The van der Waals surface area contributed by atoms with Crippen LogP contribution in [0.25, 0.3) is 0 Å². The van der Waals surface area contributed by atoms with Crippen LogP contribution in [0.1, 0.15) is 26.2 Å². The van der Waals surface area contributed by atoms with Crippen molar-refractivity contribution in [1.29, 1.82) is 0 Å². The van der Waals surface area contributed by atoms with Crippen molar-refractivity contribution in [2.45, 2.75) is 26.2 Å². The molecule has 6 nitrogen and oxygen atoms in total. The van der Waals surface area contributed by atoms with Crippen LogP contribution in [-0.2, 0) is 14.3 Å². The van der Waals surface area contributed by atoms with Crippen LogP contribution in [0.15, 0.2) is 24.3 Å². The number of nitrogens with two attached hydrogens (primary N) is 1. The third kappa shape index (κ3) is 7.20. The highest BCUT2D eigenvalue weighted by Crippen LogP contribution is 2.19. The first-order valence-corrected chi connectivity index (χ1v) is 7.03. The van der Waals surface area contributed by atoms with E-state index in [1.54, 1.807) is 19.1 Å². The molecule has 0 aromatic heterocycles. The smallest absolute Gasteiger partial charge is 0.305 e. The maximum atomic E-state index is 11.6. The molecule has 1 rings (SSSR count). The van der Waals surface area contributed by atoms with Gasteiger partial charge >= 0.3 is 5.97 Å². The average Bonchev–Trinajstić information content (AvgIpc) is 2.46. The number of nitrogen functional groups attached to an aromatic ring is 1. The maximum Gasteiger partial charge on any atom is 0.305 e. The van der Waals surface area contributed by atoms with Crippen molar-refractivity contribution in [2.75, 3.05) is 25.5 Å². The Balaban J connectivity index is 2.09. The lowest BCUT2D eigenvalue weighted by Gasteiger charge is -2.09. The topological polar surface area (TPSA) is 90.6 Å². The molecule has 0 aliphatic rings. The Labute approximate surface area is 124 Å². The number of anilines is 1. The number of hydrogen-bond acceptors (Lipinski definition) is 5. The standard InChI is InChI=1S/C15H22N2O4/c1-2-20-15(19)8-5-10-17-14(18)9-11-21-13-7-4-3-6-12(13)16/h3-4,6-7H,2,5,8-11,16H2,1H3,(H,17,18). The number of para-hydroxylation sites is 2. The number of hydrogen-bond donors (Lipinski definition) is 2. The van der Waals surface area contributed by atoms with Gasteiger partial charge in [-0.25, -0.2) is 0 Å². The summed E-state index contributed by atoms with van der Waals surface area (Å²) in [4.78, 5) is 22.6. The summed E-state index contributed by atoms with van der Waals surface area (Å²) in [6.45, 7) is 2.85. The van der Waals surface area contributed by atoms with Crippen molar-refractivity contribution < 1.29 is 19.1 Å². The molecule has 0 saturated carbocycles. The van der Waals surface area contributed by atoms with Crippen molar-refractivity contribution in [3.8, 4) is 5.75 Å². The van der Waals surface area contributed by atoms with E-state index < -0.39 is 0 Å². The molecule has 116 valence electrons. The number of amides is 1. The number of carbonyl (C=O) groups is 2. The second-order valence-electron chi connectivity index (χ2n) is 4.39. The average molecular weight is 294 g/mol. The molecular weight excluding hydrogens is 272 g/mol. The van der Waals surface area contributed by atoms with Gasteiger partial charge in [0.2, 0.25) is 5.91 Å². The van der Waals surface area contributed by atoms with Gasteiger partial charge < -0.3 is 20.5 Å². The van der Waals surface area contributed by atoms with E-state index in [4.69, 9.17) is 15.2 Å². The van der Waals surface area contributed by atoms with Crippen molar-refractivity contribution in [3.05, 3.63) is 24.3 Å². The summed E-state index contributed by atoms with van der Waals surface area (Å²) >= 11 is 0. The first-order valence-electron chi connectivity index (χ1n) is 7.03. The van der Waals surface area contributed by atoms with E-state index in [0.717, 1.165) is 0 Å². The summed E-state index contributed by atoms with van der Waals surface area (Å²) in [6, 6.07) is 7.14. The monoisotopic (exact) mass is 294 g/mol. The van der Waals surface area contributed by atoms with Crippen molar-refractivity contribution >= 4 is 17.6 Å². The molecule has 0 unspecified atom stereocenters. The van der Waals surface area contributed by atoms with Crippen LogP contribution < -0.4 is 15.8 Å². The normalized spacial score (nSPS) is 9.95. The van der Waals surface area contributed by atoms with Gasteiger partial charge in [-0.3, -0.25) is 9.59 Å². The first kappa shape index (κ1) is 16.8. The summed E-state index contributed by atoms with van der Waals surface area (Å²) in [5.74, 6) is 0.218. The van der Waals surface area contributed by atoms with Gasteiger partial charge in [0, 0.05) is 13.0 Å². The summed E-state index contributed by atoms with van der Waals surface area (Å²) in [5.41, 5.74) is 6.27. The van der Waals surface area contributed by atoms with Crippen LogP contribution in [0.2, 0.25) is 0 Å². The minimum Gasteiger partial charge on any atom is -0.491 e. The Kier molecular flexibility index (Phi) is 7.71. The van der Waals surface area contributed by atoms with E-state index >= 15 is 0 Å². The maximum absolute atomic E-state index is 11.6. The van der Waals surface area contributed by atoms with Crippen LogP contribution in [0.3, 0.4) is 0 Å². The number of benzene rings is 1. The Bertz CT molecular complexity index is 463. The third-order valence-corrected chi connectivity index (χ3v) is 2.69. The van der Waals surface area contributed by atoms with Gasteiger partial charge in [0.25, 0.3) is 0 Å². The van der Waals surface area contributed by atoms with Crippen LogP contribution >= 0.6 is 0 Å². The Morgan fingerprint density at radius 1 is 1.24 bits per heavy atom. The highest BCUT2D eigenvalue weighted by molar-refractivity contribution is 5.76. The Morgan fingerprint density at radius 2 is 2.00 bits per heavy atom. The quantitative estimate of drug-likeness (QED) is 0.409. The molecule has 6 heteroatoms. The van der Waals surface area contributed by atoms with Gasteiger partial charge in [0.15, 0.2) is 0 Å². The summed E-state index contributed by atoms with van der Waals surface area (Å²) in [6.07, 6.45) is 1.12. The lowest BCUT2D eigenvalue weighted by molar-refractivity contribution is -0.143. The molecule has 0 atom stereocenters. The van der Waals surface area contributed by atoms with Gasteiger partial charge in [0.1, 0.15) is 5.75 Å². The van der Waals surface area contributed by atoms with Gasteiger partial charge in [-0.2, -0.15) is 0 Å². The minimum absolute atomic E-state index is 0.117. The van der Waals surface area contributed by atoms with Crippen LogP contribution in [0.4, 0.5) is 5.69 Å². The van der Waals surface area contributed by atoms with E-state index in [2.05, 4.69) is 5.32 Å². The van der Waals surface area contributed by atoms with Gasteiger partial charge in [-0.1, -0.05) is 12.1 Å². The molecule has 1 aromatic carbocycles. The summed E-state index contributed by atoms with van der Waals surface area (Å²) in [5, 5.41) is 2.72. The second-order valence-corrected chi connectivity index (χ2v) is 4.39. The fourth-order valence-electron chi connectivity index (χ4n) is 1.65. The van der Waals surface area contributed by atoms with Gasteiger partial charge in [0.05, 0.1) is 25.3 Å². The lowest BCUT2D eigenvalue weighted by Crippen LogP contribution is -2.26. The minimum atomic E-state index is -0.241. The molecule has 0 fully saturated rings. The van der Waals surface area contributed by atoms with Gasteiger partial charge in [-0.15, -0.1) is 0 Å². The number of carbonyl (C=O) groups excluding carboxylic acids is 2. The SMILES string of the molecule is CCOC(=O)CCCNC(=O)CCOc1ccccc1N. The van der Waals surface area contributed by atoms with Crippen molar-refractivity contribution in [2.24, 2.45) is 0 Å². The number of nitrogens with one attached hydrogen (secondary N) is 1. The molecule has 0 aliphatic heterocycles. The fraction of sp³-hybridized carbons (Fsp3) is 0.467. The molecular formula is C15H22N2O4. The molecule has 1 aromatic rings. The molecule has 0 bridgehead atoms. The third-order valence-electron chi connectivity index (χ3n) is 2.69. The van der Waals surface area contributed by atoms with Crippen LogP contribution in [-0.4, -0.2) is 31.6 Å². The Hall–Kier alpha value is -2.24. The lowest BCUT2D eigenvalue weighted by atomic mass is 10.3. The first-order chi connectivity index (χ1) is 10.1. The highest BCUT2D eigenvalue weighted by atomic mass is 16.5. The molecule has 1 amide bonds. The molecule has 0 aliphatic carbocycles. The zero-order valence-corrected chi connectivity index (χ0v) is 12.3. The molecule has 0 saturated heterocycles. The van der Waals surface area contributed by atoms with E-state index in [1.807, 2.05) is 12.1 Å². The number of esters is 1. The van der Waals surface area contributed by atoms with E-state index in [9.17, 15) is 9.59 Å². The summed E-state index contributed by atoms with van der Waals surface area (Å²) in [7, 11) is 0. The number of rotatable bonds is 9. The number of ether oxygens (including phenoxy) is 2. The molecule has 21 heavy (non-hydrogen) atoms. The molecule has 0 spiro atoms. The fourth-order valence-corrected chi connectivity index (χ4v) is 1.65. The predicted octanol–water partition coefficient (Wildman–Crippen LogP) is 1.50. The van der Waals surface area contributed by atoms with Crippen molar-refractivity contribution in [3.63, 3.8) is 0 Å². The Morgan fingerprint density at radius 3 is 2.71 bits per heavy atom. The van der Waals surface area contributed by atoms with E-state index in [-0.39, 0.29) is 24.9 Å². The van der Waals surface area contributed by atoms with Crippen molar-refractivity contribution in [1.82, 2.24) is 5.32 Å². The zero-order valence-electron chi connectivity index (χ0n) is 12.3. The molecule has 3 N–H and O–H groups in total. The zero-order chi connectivity index (χ0) is 15.5. The summed E-state index contributed by atoms with van der Waals surface area (Å²) < 4.78 is 10.2. The van der Waals surface area contributed by atoms with Crippen LogP contribution in [0.5, 0.6) is 5.75 Å². The molecule has 0 radical (unpaired) electrons. The second kappa shape index (κ2) is 9.63. The largest absolute Gasteiger partial charge is 0.491 e.